The third kappa shape index (κ3) is 2.48. The Kier molecular flexibility index (Phi) is 3.28. The van der Waals surface area contributed by atoms with Crippen molar-refractivity contribution in [1.29, 1.82) is 0 Å². The Hall–Kier alpha value is -2.36. The Morgan fingerprint density at radius 3 is 2.44 bits per heavy atom. The first-order valence-corrected chi connectivity index (χ1v) is 5.54. The molecule has 0 spiro atoms. The van der Waals surface area contributed by atoms with Crippen LogP contribution < -0.4 is 0 Å². The molecule has 0 aliphatic rings. The van der Waals surface area contributed by atoms with Crippen LogP contribution in [0.1, 0.15) is 26.4 Å². The van der Waals surface area contributed by atoms with Crippen molar-refractivity contribution in [2.45, 2.75) is 6.42 Å². The van der Waals surface area contributed by atoms with Crippen molar-refractivity contribution in [3.05, 3.63) is 59.4 Å². The average Bonchev–Trinajstić information content (AvgIpc) is 2.73. The summed E-state index contributed by atoms with van der Waals surface area (Å²) < 4.78 is 1.55. The maximum atomic E-state index is 12.1. The summed E-state index contributed by atoms with van der Waals surface area (Å²) in [5, 5.41) is 8.87. The summed E-state index contributed by atoms with van der Waals surface area (Å²) in [6.07, 6.45) is 1.72. The lowest BCUT2D eigenvalue weighted by Gasteiger charge is -2.02. The van der Waals surface area contributed by atoms with E-state index in [1.54, 1.807) is 11.6 Å². The molecule has 0 aliphatic heterocycles. The molecule has 4 heteroatoms. The molecule has 0 bridgehead atoms. The Bertz CT molecular complexity index is 584. The lowest BCUT2D eigenvalue weighted by atomic mass is 10.1. The monoisotopic (exact) mass is 243 g/mol. The molecule has 0 atom stereocenters. The molecule has 92 valence electrons. The highest BCUT2D eigenvalue weighted by Gasteiger charge is 2.15. The van der Waals surface area contributed by atoms with E-state index >= 15 is 0 Å². The number of rotatable bonds is 4. The van der Waals surface area contributed by atoms with E-state index in [1.807, 2.05) is 30.3 Å². The van der Waals surface area contributed by atoms with Crippen molar-refractivity contribution in [3.63, 3.8) is 0 Å². The van der Waals surface area contributed by atoms with Gasteiger partial charge in [0, 0.05) is 19.7 Å². The highest BCUT2D eigenvalue weighted by molar-refractivity contribution is 5.99. The fourth-order valence-electron chi connectivity index (χ4n) is 1.83. The Labute approximate surface area is 104 Å². The minimum absolute atomic E-state index is 0.0869. The van der Waals surface area contributed by atoms with Gasteiger partial charge in [0.25, 0.3) is 0 Å². The number of carbonyl (C=O) groups is 2. The van der Waals surface area contributed by atoms with Crippen molar-refractivity contribution in [1.82, 2.24) is 4.57 Å². The Balaban J connectivity index is 2.22. The highest BCUT2D eigenvalue weighted by atomic mass is 16.4. The van der Waals surface area contributed by atoms with Gasteiger partial charge < -0.3 is 9.67 Å². The molecule has 0 fully saturated rings. The zero-order valence-corrected chi connectivity index (χ0v) is 9.96. The van der Waals surface area contributed by atoms with Gasteiger partial charge in [0.1, 0.15) is 0 Å². The van der Waals surface area contributed by atoms with Crippen LogP contribution in [0.4, 0.5) is 0 Å². The van der Waals surface area contributed by atoms with Crippen LogP contribution in [0.5, 0.6) is 0 Å². The number of carboxylic acids is 1. The van der Waals surface area contributed by atoms with Gasteiger partial charge in [-0.2, -0.15) is 0 Å². The van der Waals surface area contributed by atoms with Gasteiger partial charge in [-0.15, -0.1) is 0 Å². The summed E-state index contributed by atoms with van der Waals surface area (Å²) in [4.78, 5) is 22.9. The minimum Gasteiger partial charge on any atom is -0.478 e. The minimum atomic E-state index is -1.02. The predicted molar refractivity (Wildman–Crippen MR) is 66.8 cm³/mol. The number of ketones is 1. The molecule has 2 rings (SSSR count). The first kappa shape index (κ1) is 12.1. The van der Waals surface area contributed by atoms with Gasteiger partial charge in [0.2, 0.25) is 0 Å². The third-order valence-electron chi connectivity index (χ3n) is 2.75. The van der Waals surface area contributed by atoms with E-state index in [0.29, 0.717) is 5.69 Å². The Morgan fingerprint density at radius 2 is 1.89 bits per heavy atom. The summed E-state index contributed by atoms with van der Waals surface area (Å²) in [6, 6.07) is 10.8. The number of hydrogen-bond donors (Lipinski definition) is 1. The normalized spacial score (nSPS) is 10.3. The topological polar surface area (TPSA) is 59.3 Å². The van der Waals surface area contributed by atoms with E-state index < -0.39 is 5.97 Å². The number of carbonyl (C=O) groups excluding carboxylic acids is 1. The fraction of sp³-hybridized carbons (Fsp3) is 0.143. The molecule has 1 N–H and O–H groups in total. The van der Waals surface area contributed by atoms with Gasteiger partial charge in [-0.1, -0.05) is 30.3 Å². The number of benzene rings is 1. The van der Waals surface area contributed by atoms with E-state index in [2.05, 4.69) is 0 Å². The zero-order chi connectivity index (χ0) is 13.1. The average molecular weight is 243 g/mol. The lowest BCUT2D eigenvalue weighted by Crippen LogP contribution is -2.08. The summed E-state index contributed by atoms with van der Waals surface area (Å²) in [6.45, 7) is 0. The molecule has 1 aromatic carbocycles. The van der Waals surface area contributed by atoms with E-state index in [1.165, 1.54) is 12.3 Å². The number of hydrogen-bond acceptors (Lipinski definition) is 2. The molecule has 1 aromatic heterocycles. The molecular formula is C14H13NO3. The van der Waals surface area contributed by atoms with Crippen molar-refractivity contribution in [2.24, 2.45) is 7.05 Å². The molecule has 18 heavy (non-hydrogen) atoms. The van der Waals surface area contributed by atoms with E-state index in [0.717, 1.165) is 5.56 Å². The van der Waals surface area contributed by atoms with Gasteiger partial charge in [0.15, 0.2) is 5.78 Å². The van der Waals surface area contributed by atoms with Gasteiger partial charge >= 0.3 is 5.97 Å². The molecule has 0 amide bonds. The van der Waals surface area contributed by atoms with Crippen LogP contribution in [0.15, 0.2) is 42.6 Å². The first-order valence-electron chi connectivity index (χ1n) is 5.54. The maximum Gasteiger partial charge on any atom is 0.337 e. The van der Waals surface area contributed by atoms with Crippen LogP contribution in [0.25, 0.3) is 0 Å². The second-order valence-electron chi connectivity index (χ2n) is 4.12. The summed E-state index contributed by atoms with van der Waals surface area (Å²) in [5.74, 6) is -1.11. The van der Waals surface area contributed by atoms with Crippen LogP contribution in [0.3, 0.4) is 0 Å². The SMILES string of the molecule is Cn1cc(C(=O)O)cc1C(=O)Cc1ccccc1. The standard InChI is InChI=1S/C14H13NO3/c1-15-9-11(14(17)18)8-12(15)13(16)7-10-5-3-2-4-6-10/h2-6,8-9H,7H2,1H3,(H,17,18). The van der Waals surface area contributed by atoms with Gasteiger partial charge in [-0.3, -0.25) is 4.79 Å². The maximum absolute atomic E-state index is 12.1. The van der Waals surface area contributed by atoms with Crippen LogP contribution in [-0.4, -0.2) is 21.4 Å². The molecule has 0 aliphatic carbocycles. The van der Waals surface area contributed by atoms with Crippen molar-refractivity contribution < 1.29 is 14.7 Å². The fourth-order valence-corrected chi connectivity index (χ4v) is 1.83. The number of nitrogens with zero attached hydrogens (tertiary/aromatic N) is 1. The van der Waals surface area contributed by atoms with Crippen LogP contribution >= 0.6 is 0 Å². The van der Waals surface area contributed by atoms with Crippen LogP contribution in [0, 0.1) is 0 Å². The quantitative estimate of drug-likeness (QED) is 0.837. The molecular weight excluding hydrogens is 230 g/mol. The summed E-state index contributed by atoms with van der Waals surface area (Å²) >= 11 is 0. The smallest absolute Gasteiger partial charge is 0.337 e. The molecule has 0 unspecified atom stereocenters. The van der Waals surface area contributed by atoms with E-state index in [-0.39, 0.29) is 17.8 Å². The predicted octanol–water partition coefficient (Wildman–Crippen LogP) is 2.15. The number of Topliss-reactive ketones (excluding diaryl/α,β-unsaturated/α-hetero) is 1. The lowest BCUT2D eigenvalue weighted by molar-refractivity contribution is 0.0697. The van der Waals surface area contributed by atoms with E-state index in [9.17, 15) is 9.59 Å². The number of aromatic carboxylic acids is 1. The largest absolute Gasteiger partial charge is 0.478 e. The molecule has 0 saturated heterocycles. The summed E-state index contributed by atoms with van der Waals surface area (Å²) in [5.41, 5.74) is 1.46. The second kappa shape index (κ2) is 4.87. The number of carboxylic acid groups (broad SMARTS) is 1. The van der Waals surface area contributed by atoms with Crippen molar-refractivity contribution in [2.75, 3.05) is 0 Å². The van der Waals surface area contributed by atoms with Gasteiger partial charge in [-0.25, -0.2) is 4.79 Å². The molecule has 0 saturated carbocycles. The highest BCUT2D eigenvalue weighted by Crippen LogP contribution is 2.11. The molecule has 2 aromatic rings. The van der Waals surface area contributed by atoms with Gasteiger partial charge in [-0.05, 0) is 11.6 Å². The third-order valence-corrected chi connectivity index (χ3v) is 2.75. The molecule has 1 heterocycles. The van der Waals surface area contributed by atoms with Crippen LogP contribution in [0.2, 0.25) is 0 Å². The van der Waals surface area contributed by atoms with Crippen molar-refractivity contribution in [3.8, 4) is 0 Å². The Morgan fingerprint density at radius 1 is 1.22 bits per heavy atom. The zero-order valence-electron chi connectivity index (χ0n) is 9.96. The number of aromatic nitrogens is 1. The van der Waals surface area contributed by atoms with E-state index in [4.69, 9.17) is 5.11 Å². The first-order chi connectivity index (χ1) is 8.58. The summed E-state index contributed by atoms with van der Waals surface area (Å²) in [7, 11) is 1.67. The molecule has 0 radical (unpaired) electrons. The van der Waals surface area contributed by atoms with Gasteiger partial charge in [0.05, 0.1) is 11.3 Å². The number of aryl methyl sites for hydroxylation is 1. The van der Waals surface area contributed by atoms with Crippen molar-refractivity contribution >= 4 is 11.8 Å². The van der Waals surface area contributed by atoms with Crippen LogP contribution in [-0.2, 0) is 13.5 Å². The molecule has 4 nitrogen and oxygen atoms in total. The second-order valence-corrected chi connectivity index (χ2v) is 4.12.